The molecule has 0 aliphatic rings. The minimum absolute atomic E-state index is 0.203. The summed E-state index contributed by atoms with van der Waals surface area (Å²) in [6.07, 6.45) is 3.81. The Morgan fingerprint density at radius 3 is 2.61 bits per heavy atom. The topological polar surface area (TPSA) is 45.5 Å². The zero-order chi connectivity index (χ0) is 17.0. The van der Waals surface area contributed by atoms with Crippen LogP contribution in [0.2, 0.25) is 0 Å². The van der Waals surface area contributed by atoms with Crippen LogP contribution in [0.3, 0.4) is 0 Å². The number of aryl methyl sites for hydroxylation is 1. The minimum atomic E-state index is -0.286. The van der Waals surface area contributed by atoms with Gasteiger partial charge in [-0.15, -0.1) is 0 Å². The van der Waals surface area contributed by atoms with Crippen molar-refractivity contribution in [2.45, 2.75) is 33.7 Å². The van der Waals surface area contributed by atoms with E-state index in [1.54, 1.807) is 0 Å². The molecule has 0 fully saturated rings. The van der Waals surface area contributed by atoms with Crippen LogP contribution in [0.25, 0.3) is 17.0 Å². The van der Waals surface area contributed by atoms with Gasteiger partial charge in [0.2, 0.25) is 0 Å². The Morgan fingerprint density at radius 2 is 2.00 bits per heavy atom. The van der Waals surface area contributed by atoms with Gasteiger partial charge in [-0.3, -0.25) is 0 Å². The highest BCUT2D eigenvalue weighted by Gasteiger charge is 2.11. The van der Waals surface area contributed by atoms with Crippen LogP contribution in [0.1, 0.15) is 31.9 Å². The molecule has 1 N–H and O–H groups in total. The standard InChI is InChI=1S/C19H26N2O2/c1-6-21(7-2)15-9-11-16-14(4)17(10-8-13(3)20-5)19(22)23-18(16)12-15/h8-13,20H,6-7H2,1-5H3. The van der Waals surface area contributed by atoms with Crippen LogP contribution in [0.15, 0.2) is 33.5 Å². The molecule has 2 aromatic rings. The maximum Gasteiger partial charge on any atom is 0.343 e. The number of hydrogen-bond donors (Lipinski definition) is 1. The number of benzene rings is 1. The zero-order valence-electron chi connectivity index (χ0n) is 14.6. The number of hydrogen-bond acceptors (Lipinski definition) is 4. The normalized spacial score (nSPS) is 12.9. The van der Waals surface area contributed by atoms with E-state index >= 15 is 0 Å². The van der Waals surface area contributed by atoms with Crippen molar-refractivity contribution in [3.05, 3.63) is 45.8 Å². The second kappa shape index (κ2) is 7.47. The summed E-state index contributed by atoms with van der Waals surface area (Å²) in [4.78, 5) is 14.6. The molecule has 1 unspecified atom stereocenters. The predicted octanol–water partition coefficient (Wildman–Crippen LogP) is 3.57. The Kier molecular flexibility index (Phi) is 5.61. The molecule has 0 radical (unpaired) electrons. The molecule has 124 valence electrons. The van der Waals surface area contributed by atoms with E-state index in [2.05, 4.69) is 30.1 Å². The van der Waals surface area contributed by atoms with Crippen molar-refractivity contribution in [3.8, 4) is 0 Å². The third kappa shape index (κ3) is 3.64. The smallest absolute Gasteiger partial charge is 0.343 e. The van der Waals surface area contributed by atoms with E-state index in [9.17, 15) is 4.79 Å². The average molecular weight is 314 g/mol. The van der Waals surface area contributed by atoms with Gasteiger partial charge in [0.25, 0.3) is 0 Å². The van der Waals surface area contributed by atoms with Crippen LogP contribution in [0.5, 0.6) is 0 Å². The first-order chi connectivity index (χ1) is 11.0. The fourth-order valence-corrected chi connectivity index (χ4v) is 2.67. The van der Waals surface area contributed by atoms with Crippen LogP contribution >= 0.6 is 0 Å². The lowest BCUT2D eigenvalue weighted by molar-refractivity contribution is 0.558. The molecule has 4 nitrogen and oxygen atoms in total. The van der Waals surface area contributed by atoms with Crippen molar-refractivity contribution >= 4 is 22.7 Å². The molecule has 2 rings (SSSR count). The highest BCUT2D eigenvalue weighted by Crippen LogP contribution is 2.25. The highest BCUT2D eigenvalue weighted by atomic mass is 16.4. The van der Waals surface area contributed by atoms with Gasteiger partial charge in [0.15, 0.2) is 0 Å². The maximum atomic E-state index is 12.3. The summed E-state index contributed by atoms with van der Waals surface area (Å²) in [5.74, 6) is 0. The molecule has 4 heteroatoms. The van der Waals surface area contributed by atoms with Crippen LogP contribution in [0.4, 0.5) is 5.69 Å². The Labute approximate surface area is 137 Å². The van der Waals surface area contributed by atoms with Gasteiger partial charge < -0.3 is 14.6 Å². The third-order valence-electron chi connectivity index (χ3n) is 4.33. The molecule has 1 heterocycles. The van der Waals surface area contributed by atoms with Crippen molar-refractivity contribution in [3.63, 3.8) is 0 Å². The molecule has 23 heavy (non-hydrogen) atoms. The second-order valence-electron chi connectivity index (χ2n) is 5.72. The summed E-state index contributed by atoms with van der Waals surface area (Å²) < 4.78 is 5.57. The largest absolute Gasteiger partial charge is 0.422 e. The number of fused-ring (bicyclic) bond motifs is 1. The van der Waals surface area contributed by atoms with Gasteiger partial charge in [-0.2, -0.15) is 0 Å². The molecule has 1 atom stereocenters. The van der Waals surface area contributed by atoms with Crippen LogP contribution in [-0.4, -0.2) is 26.2 Å². The molecule has 0 amide bonds. The zero-order valence-corrected chi connectivity index (χ0v) is 14.6. The van der Waals surface area contributed by atoms with E-state index in [1.807, 2.05) is 45.2 Å². The summed E-state index contributed by atoms with van der Waals surface area (Å²) in [5.41, 5.74) is 3.02. The number of nitrogens with zero attached hydrogens (tertiary/aromatic N) is 1. The van der Waals surface area contributed by atoms with Crippen LogP contribution in [0, 0.1) is 6.92 Å². The van der Waals surface area contributed by atoms with E-state index in [0.717, 1.165) is 29.7 Å². The van der Waals surface area contributed by atoms with Gasteiger partial charge in [-0.1, -0.05) is 6.08 Å². The number of rotatable bonds is 6. The van der Waals surface area contributed by atoms with Crippen molar-refractivity contribution in [1.29, 1.82) is 0 Å². The first-order valence-electron chi connectivity index (χ1n) is 8.19. The molecule has 1 aromatic carbocycles. The van der Waals surface area contributed by atoms with Gasteiger partial charge >= 0.3 is 5.63 Å². The van der Waals surface area contributed by atoms with E-state index in [4.69, 9.17) is 4.42 Å². The van der Waals surface area contributed by atoms with Crippen molar-refractivity contribution < 1.29 is 4.42 Å². The lowest BCUT2D eigenvalue weighted by Gasteiger charge is -2.21. The Hall–Kier alpha value is -2.07. The van der Waals surface area contributed by atoms with Gasteiger partial charge in [-0.05, 0) is 58.5 Å². The van der Waals surface area contributed by atoms with E-state index < -0.39 is 0 Å². The molecule has 0 saturated carbocycles. The SMILES string of the molecule is CCN(CC)c1ccc2c(C)c(C=CC(C)NC)c(=O)oc2c1. The quantitative estimate of drug-likeness (QED) is 0.828. The molecular formula is C19H26N2O2. The Balaban J connectivity index is 2.53. The summed E-state index contributed by atoms with van der Waals surface area (Å²) in [6.45, 7) is 10.1. The second-order valence-corrected chi connectivity index (χ2v) is 5.72. The third-order valence-corrected chi connectivity index (χ3v) is 4.33. The van der Waals surface area contributed by atoms with Crippen molar-refractivity contribution in [1.82, 2.24) is 5.32 Å². The molecular weight excluding hydrogens is 288 g/mol. The number of likely N-dealkylation sites (N-methyl/N-ethyl adjacent to an activating group) is 1. The maximum absolute atomic E-state index is 12.3. The first-order valence-corrected chi connectivity index (χ1v) is 8.19. The first kappa shape index (κ1) is 17.3. The van der Waals surface area contributed by atoms with Crippen LogP contribution in [-0.2, 0) is 0 Å². The number of anilines is 1. The van der Waals surface area contributed by atoms with Gasteiger partial charge in [0.1, 0.15) is 5.58 Å². The monoisotopic (exact) mass is 314 g/mol. The Morgan fingerprint density at radius 1 is 1.30 bits per heavy atom. The minimum Gasteiger partial charge on any atom is -0.422 e. The van der Waals surface area contributed by atoms with Crippen molar-refractivity contribution in [2.75, 3.05) is 25.0 Å². The molecule has 1 aromatic heterocycles. The summed E-state index contributed by atoms with van der Waals surface area (Å²) in [5, 5.41) is 4.10. The van der Waals surface area contributed by atoms with E-state index in [0.29, 0.717) is 11.1 Å². The highest BCUT2D eigenvalue weighted by molar-refractivity contribution is 5.86. The van der Waals surface area contributed by atoms with Gasteiger partial charge in [0.05, 0.1) is 5.56 Å². The fraction of sp³-hybridized carbons (Fsp3) is 0.421. The van der Waals surface area contributed by atoms with Gasteiger partial charge in [-0.25, -0.2) is 4.79 Å². The van der Waals surface area contributed by atoms with Crippen LogP contribution < -0.4 is 15.8 Å². The number of nitrogens with one attached hydrogen (secondary N) is 1. The van der Waals surface area contributed by atoms with E-state index in [1.165, 1.54) is 0 Å². The predicted molar refractivity (Wildman–Crippen MR) is 98.3 cm³/mol. The van der Waals surface area contributed by atoms with E-state index in [-0.39, 0.29) is 11.7 Å². The molecule has 0 spiro atoms. The summed E-state index contributed by atoms with van der Waals surface area (Å²) >= 11 is 0. The molecule has 0 saturated heterocycles. The lowest BCUT2D eigenvalue weighted by atomic mass is 10.0. The molecule has 0 bridgehead atoms. The lowest BCUT2D eigenvalue weighted by Crippen LogP contribution is -2.21. The summed E-state index contributed by atoms with van der Waals surface area (Å²) in [6, 6.07) is 6.29. The Bertz CT molecular complexity index is 758. The summed E-state index contributed by atoms with van der Waals surface area (Å²) in [7, 11) is 1.89. The molecule has 0 aliphatic heterocycles. The average Bonchev–Trinajstić information content (AvgIpc) is 2.55. The van der Waals surface area contributed by atoms with Gasteiger partial charge in [0, 0.05) is 36.3 Å². The fourth-order valence-electron chi connectivity index (χ4n) is 2.67. The van der Waals surface area contributed by atoms with Crippen molar-refractivity contribution in [2.24, 2.45) is 0 Å². The molecule has 0 aliphatic carbocycles.